The largest absolute Gasteiger partial charge is 0.351 e. The molecule has 0 spiro atoms. The van der Waals surface area contributed by atoms with Crippen molar-refractivity contribution in [3.8, 4) is 0 Å². The molecule has 1 aliphatic heterocycles. The van der Waals surface area contributed by atoms with Crippen LogP contribution in [0.2, 0.25) is 0 Å². The third-order valence-electron chi connectivity index (χ3n) is 6.68. The number of benzene rings is 2. The Kier molecular flexibility index (Phi) is 6.44. The van der Waals surface area contributed by atoms with Crippen LogP contribution < -0.4 is 16.4 Å². The molecule has 1 saturated carbocycles. The summed E-state index contributed by atoms with van der Waals surface area (Å²) < 4.78 is 0. The average molecular weight is 435 g/mol. The van der Waals surface area contributed by atoms with Crippen LogP contribution in [0.5, 0.6) is 0 Å². The maximum atomic E-state index is 13.4. The Balaban J connectivity index is 1.50. The molecule has 4 amide bonds. The Morgan fingerprint density at radius 1 is 1.00 bits per heavy atom. The highest BCUT2D eigenvalue weighted by molar-refractivity contribution is 5.98. The molecule has 0 bridgehead atoms. The van der Waals surface area contributed by atoms with Crippen molar-refractivity contribution in [2.45, 2.75) is 57.2 Å². The number of nitrogens with zero attached hydrogens (tertiary/aromatic N) is 1. The Morgan fingerprint density at radius 3 is 2.38 bits per heavy atom. The normalized spacial score (nSPS) is 23.2. The number of rotatable bonds is 5. The van der Waals surface area contributed by atoms with Crippen molar-refractivity contribution in [3.05, 3.63) is 65.7 Å². The highest BCUT2D eigenvalue weighted by atomic mass is 16.2. The van der Waals surface area contributed by atoms with Crippen molar-refractivity contribution in [1.29, 1.82) is 0 Å². The van der Waals surface area contributed by atoms with Crippen LogP contribution in [0, 0.1) is 5.92 Å². The molecule has 7 nitrogen and oxygen atoms in total. The van der Waals surface area contributed by atoms with Crippen LogP contribution >= 0.6 is 0 Å². The summed E-state index contributed by atoms with van der Waals surface area (Å²) in [6.45, 7) is 1.92. The maximum Gasteiger partial charge on any atom is 0.316 e. The number of hydrogen-bond acceptors (Lipinski definition) is 3. The summed E-state index contributed by atoms with van der Waals surface area (Å²) in [6, 6.07) is 15.2. The van der Waals surface area contributed by atoms with E-state index in [9.17, 15) is 14.4 Å². The Bertz CT molecular complexity index is 976. The number of amides is 4. The van der Waals surface area contributed by atoms with Crippen molar-refractivity contribution >= 4 is 23.5 Å². The van der Waals surface area contributed by atoms with Crippen LogP contribution in [0.3, 0.4) is 0 Å². The smallest absolute Gasteiger partial charge is 0.316 e. The first-order valence-electron chi connectivity index (χ1n) is 11.3. The molecule has 7 heteroatoms. The predicted octanol–water partition coefficient (Wildman–Crippen LogP) is 3.83. The molecule has 2 fully saturated rings. The molecule has 2 aliphatic rings. The van der Waals surface area contributed by atoms with Gasteiger partial charge in [-0.1, -0.05) is 43.2 Å². The number of urea groups is 1. The number of nitrogens with one attached hydrogen (secondary N) is 2. The molecule has 168 valence electrons. The lowest BCUT2D eigenvalue weighted by atomic mass is 9.84. The lowest BCUT2D eigenvalue weighted by Gasteiger charge is -2.34. The van der Waals surface area contributed by atoms with E-state index in [0.29, 0.717) is 23.6 Å². The van der Waals surface area contributed by atoms with Crippen LogP contribution in [0.4, 0.5) is 10.5 Å². The Labute approximate surface area is 188 Å². The van der Waals surface area contributed by atoms with E-state index in [-0.39, 0.29) is 23.9 Å². The van der Waals surface area contributed by atoms with E-state index < -0.39 is 12.1 Å². The fraction of sp³-hybridized carbons (Fsp3) is 0.400. The fourth-order valence-electron chi connectivity index (χ4n) is 5.11. The van der Waals surface area contributed by atoms with Gasteiger partial charge in [-0.2, -0.15) is 0 Å². The van der Waals surface area contributed by atoms with Crippen LogP contribution in [0.25, 0.3) is 0 Å². The number of hydrogen-bond donors (Lipinski definition) is 3. The zero-order chi connectivity index (χ0) is 22.7. The summed E-state index contributed by atoms with van der Waals surface area (Å²) in [5, 5.41) is 5.63. The van der Waals surface area contributed by atoms with E-state index in [1.165, 1.54) is 0 Å². The number of carbonyl (C=O) groups excluding carboxylic acids is 3. The molecule has 2 aromatic rings. The van der Waals surface area contributed by atoms with Crippen LogP contribution in [0.15, 0.2) is 54.6 Å². The van der Waals surface area contributed by atoms with Gasteiger partial charge >= 0.3 is 6.03 Å². The second-order valence-electron chi connectivity index (χ2n) is 8.78. The van der Waals surface area contributed by atoms with Gasteiger partial charge in [0.05, 0.1) is 6.04 Å². The summed E-state index contributed by atoms with van der Waals surface area (Å²) in [5.41, 5.74) is 7.28. The molecule has 1 aliphatic carbocycles. The van der Waals surface area contributed by atoms with Gasteiger partial charge in [0.25, 0.3) is 5.91 Å². The van der Waals surface area contributed by atoms with E-state index in [2.05, 4.69) is 10.6 Å². The van der Waals surface area contributed by atoms with Gasteiger partial charge < -0.3 is 21.3 Å². The van der Waals surface area contributed by atoms with E-state index in [1.54, 1.807) is 12.1 Å². The quantitative estimate of drug-likeness (QED) is 0.666. The minimum Gasteiger partial charge on any atom is -0.351 e. The number of carbonyl (C=O) groups is 3. The summed E-state index contributed by atoms with van der Waals surface area (Å²) in [7, 11) is 0. The molecule has 1 heterocycles. The van der Waals surface area contributed by atoms with Gasteiger partial charge in [-0.25, -0.2) is 4.79 Å². The fourth-order valence-corrected chi connectivity index (χ4v) is 5.11. The summed E-state index contributed by atoms with van der Waals surface area (Å²) in [5.74, 6) is 0.201. The van der Waals surface area contributed by atoms with Crippen molar-refractivity contribution in [2.75, 3.05) is 5.32 Å². The van der Waals surface area contributed by atoms with Crippen molar-refractivity contribution in [3.63, 3.8) is 0 Å². The molecule has 32 heavy (non-hydrogen) atoms. The first kappa shape index (κ1) is 21.9. The van der Waals surface area contributed by atoms with Crippen LogP contribution in [-0.2, 0) is 4.79 Å². The zero-order valence-corrected chi connectivity index (χ0v) is 18.3. The molecule has 2 aromatic carbocycles. The molecule has 0 aromatic heterocycles. The molecule has 4 N–H and O–H groups in total. The Hall–Kier alpha value is -3.35. The lowest BCUT2D eigenvalue weighted by Crippen LogP contribution is -2.50. The highest BCUT2D eigenvalue weighted by Gasteiger charge is 2.47. The minimum absolute atomic E-state index is 0.0605. The number of primary amides is 1. The van der Waals surface area contributed by atoms with Gasteiger partial charge in [0.2, 0.25) is 5.91 Å². The third kappa shape index (κ3) is 4.61. The number of nitrogens with two attached hydrogens (primary N) is 1. The van der Waals surface area contributed by atoms with Gasteiger partial charge in [0.1, 0.15) is 6.04 Å². The second-order valence-corrected chi connectivity index (χ2v) is 8.78. The average Bonchev–Trinajstić information content (AvgIpc) is 3.19. The van der Waals surface area contributed by atoms with Gasteiger partial charge in [-0.05, 0) is 61.9 Å². The maximum absolute atomic E-state index is 13.4. The topological polar surface area (TPSA) is 105 Å². The molecule has 4 unspecified atom stereocenters. The summed E-state index contributed by atoms with van der Waals surface area (Å²) in [4.78, 5) is 39.6. The lowest BCUT2D eigenvalue weighted by molar-refractivity contribution is -0.125. The third-order valence-corrected chi connectivity index (χ3v) is 6.68. The molecular formula is C25H30N4O3. The molecule has 1 saturated heterocycles. The van der Waals surface area contributed by atoms with E-state index in [4.69, 9.17) is 5.73 Å². The minimum atomic E-state index is -0.620. The number of anilines is 1. The van der Waals surface area contributed by atoms with E-state index in [1.807, 2.05) is 54.3 Å². The van der Waals surface area contributed by atoms with Gasteiger partial charge in [0, 0.05) is 17.3 Å². The molecule has 4 atom stereocenters. The van der Waals surface area contributed by atoms with Gasteiger partial charge in [-0.15, -0.1) is 0 Å². The molecular weight excluding hydrogens is 404 g/mol. The van der Waals surface area contributed by atoms with Crippen molar-refractivity contribution < 1.29 is 14.4 Å². The first-order chi connectivity index (χ1) is 15.4. The Morgan fingerprint density at radius 2 is 1.69 bits per heavy atom. The molecule has 0 radical (unpaired) electrons. The SMILES string of the molecule is CC(NC(=O)C1CC2CCCCC2N1C(=O)c1ccccc1)c1ccc(NC(N)=O)cc1. The van der Waals surface area contributed by atoms with Gasteiger partial charge in [-0.3, -0.25) is 9.59 Å². The summed E-state index contributed by atoms with van der Waals surface area (Å²) in [6.07, 6.45) is 4.98. The van der Waals surface area contributed by atoms with Crippen LogP contribution in [0.1, 0.15) is 61.0 Å². The number of fused-ring (bicyclic) bond motifs is 1. The zero-order valence-electron chi connectivity index (χ0n) is 18.3. The number of likely N-dealkylation sites (tertiary alicyclic amines) is 1. The van der Waals surface area contributed by atoms with Crippen LogP contribution in [-0.4, -0.2) is 34.8 Å². The van der Waals surface area contributed by atoms with Crippen molar-refractivity contribution in [1.82, 2.24) is 10.2 Å². The van der Waals surface area contributed by atoms with E-state index >= 15 is 0 Å². The summed E-state index contributed by atoms with van der Waals surface area (Å²) >= 11 is 0. The standard InChI is InChI=1S/C25H30N4O3/c1-16(17-11-13-20(14-12-17)28-25(26)32)27-23(30)22-15-19-9-5-6-10-21(19)29(22)24(31)18-7-3-2-4-8-18/h2-4,7-8,11-14,16,19,21-22H,5-6,9-10,15H2,1H3,(H,27,30)(H3,26,28,32). The predicted molar refractivity (Wildman–Crippen MR) is 123 cm³/mol. The van der Waals surface area contributed by atoms with Crippen molar-refractivity contribution in [2.24, 2.45) is 11.7 Å². The second kappa shape index (κ2) is 9.42. The monoisotopic (exact) mass is 434 g/mol. The van der Waals surface area contributed by atoms with E-state index in [0.717, 1.165) is 31.2 Å². The van der Waals surface area contributed by atoms with Gasteiger partial charge in [0.15, 0.2) is 0 Å². The first-order valence-corrected chi connectivity index (χ1v) is 11.3. The highest BCUT2D eigenvalue weighted by Crippen LogP contribution is 2.40. The molecule has 4 rings (SSSR count).